The molecular weight excluding hydrogens is 356 g/mol. The highest BCUT2D eigenvalue weighted by Crippen LogP contribution is 2.54. The molecule has 3 heteroatoms. The van der Waals surface area contributed by atoms with Crippen LogP contribution < -0.4 is 9.80 Å². The summed E-state index contributed by atoms with van der Waals surface area (Å²) in [5.74, 6) is 0.218. The lowest BCUT2D eigenvalue weighted by Gasteiger charge is -2.36. The van der Waals surface area contributed by atoms with E-state index >= 15 is 0 Å². The van der Waals surface area contributed by atoms with E-state index < -0.39 is 0 Å². The molecule has 2 aliphatic heterocycles. The number of rotatable bonds is 0. The lowest BCUT2D eigenvalue weighted by Crippen LogP contribution is -2.36. The summed E-state index contributed by atoms with van der Waals surface area (Å²) in [4.78, 5) is 18.0. The molecule has 5 rings (SSSR count). The Morgan fingerprint density at radius 3 is 1.41 bits per heavy atom. The molecule has 1 fully saturated rings. The molecule has 3 nitrogen and oxygen atoms in total. The van der Waals surface area contributed by atoms with Gasteiger partial charge in [0.2, 0.25) is 0 Å². The Hall–Kier alpha value is -2.81. The summed E-state index contributed by atoms with van der Waals surface area (Å²) in [5, 5.41) is 0. The molecular formula is C26H28N2O. The number of carbonyl (C=O) groups is 1. The number of fused-ring (bicyclic) bond motifs is 2. The largest absolute Gasteiger partial charge is 0.347 e. The number of anilines is 2. The topological polar surface area (TPSA) is 23.6 Å². The number of likely N-dealkylation sites (N-methyl/N-ethyl adjacent to an activating group) is 2. The number of nitrogens with zero attached hydrogens (tertiary/aromatic N) is 2. The molecule has 0 radical (unpaired) electrons. The van der Waals surface area contributed by atoms with E-state index in [1.165, 1.54) is 22.5 Å². The maximum absolute atomic E-state index is 13.5. The van der Waals surface area contributed by atoms with Crippen LogP contribution in [0.5, 0.6) is 0 Å². The number of benzene rings is 2. The number of hydrogen-bond acceptors (Lipinski definition) is 3. The number of carbonyl (C=O) groups excluding carboxylic acids is 1. The van der Waals surface area contributed by atoms with Gasteiger partial charge in [0.15, 0.2) is 5.78 Å². The maximum Gasteiger partial charge on any atom is 0.189 e. The predicted molar refractivity (Wildman–Crippen MR) is 119 cm³/mol. The molecule has 0 bridgehead atoms. The van der Waals surface area contributed by atoms with Crippen LogP contribution in [0.3, 0.4) is 0 Å². The van der Waals surface area contributed by atoms with Gasteiger partial charge < -0.3 is 9.80 Å². The van der Waals surface area contributed by atoms with E-state index in [-0.39, 0.29) is 16.6 Å². The molecule has 148 valence electrons. The third-order valence-electron chi connectivity index (χ3n) is 7.21. The summed E-state index contributed by atoms with van der Waals surface area (Å²) in [6.45, 7) is 8.93. The zero-order chi connectivity index (χ0) is 20.7. The standard InChI is InChI=1S/C26H28N2O/c1-25(2)18-11-7-9-13-20(18)27(5)23(25)16-15-17(22(16)29)24-26(3,4)19-12-8-10-14-21(19)28(24)6/h7-14H,15H2,1-6H3/b23-16+,24-17+. The normalized spacial score (nSPS) is 26.5. The van der Waals surface area contributed by atoms with Crippen LogP contribution in [0.4, 0.5) is 11.4 Å². The molecule has 1 aliphatic carbocycles. The first kappa shape index (κ1) is 18.2. The van der Waals surface area contributed by atoms with E-state index in [0.29, 0.717) is 0 Å². The van der Waals surface area contributed by atoms with Gasteiger partial charge in [-0.1, -0.05) is 64.1 Å². The van der Waals surface area contributed by atoms with Gasteiger partial charge in [-0.2, -0.15) is 0 Å². The second kappa shape index (κ2) is 5.63. The van der Waals surface area contributed by atoms with Gasteiger partial charge in [-0.15, -0.1) is 0 Å². The molecule has 0 spiro atoms. The summed E-state index contributed by atoms with van der Waals surface area (Å²) < 4.78 is 0. The van der Waals surface area contributed by atoms with Crippen molar-refractivity contribution in [3.63, 3.8) is 0 Å². The van der Waals surface area contributed by atoms with Crippen molar-refractivity contribution in [2.75, 3.05) is 23.9 Å². The van der Waals surface area contributed by atoms with Crippen LogP contribution in [-0.2, 0) is 15.6 Å². The molecule has 0 saturated heterocycles. The van der Waals surface area contributed by atoms with Gasteiger partial charge in [0.05, 0.1) is 0 Å². The molecule has 2 aromatic rings. The van der Waals surface area contributed by atoms with Crippen molar-refractivity contribution in [1.29, 1.82) is 0 Å². The van der Waals surface area contributed by atoms with E-state index in [4.69, 9.17) is 0 Å². The Balaban J connectivity index is 1.61. The predicted octanol–water partition coefficient (Wildman–Crippen LogP) is 5.32. The van der Waals surface area contributed by atoms with Crippen LogP contribution in [0, 0.1) is 0 Å². The average Bonchev–Trinajstić information content (AvgIpc) is 3.02. The fourth-order valence-electron chi connectivity index (χ4n) is 5.88. The fraction of sp³-hybridized carbons (Fsp3) is 0.346. The molecule has 1 saturated carbocycles. The van der Waals surface area contributed by atoms with Crippen LogP contribution in [-0.4, -0.2) is 19.9 Å². The fourth-order valence-corrected chi connectivity index (χ4v) is 5.88. The van der Waals surface area contributed by atoms with Gasteiger partial charge in [0, 0.05) is 65.3 Å². The van der Waals surface area contributed by atoms with Gasteiger partial charge in [-0.3, -0.25) is 4.79 Å². The minimum Gasteiger partial charge on any atom is -0.347 e. The molecule has 0 aromatic heterocycles. The number of Topliss-reactive ketones (excluding diaryl/α,β-unsaturated/α-hetero) is 1. The summed E-state index contributed by atoms with van der Waals surface area (Å²) >= 11 is 0. The second-order valence-electron chi connectivity index (χ2n) is 9.56. The summed E-state index contributed by atoms with van der Waals surface area (Å²) in [7, 11) is 4.19. The quantitative estimate of drug-likeness (QED) is 0.574. The van der Waals surface area contributed by atoms with Crippen molar-refractivity contribution >= 4 is 17.2 Å². The van der Waals surface area contributed by atoms with Crippen LogP contribution in [0.1, 0.15) is 45.2 Å². The lowest BCUT2D eigenvalue weighted by atomic mass is 9.71. The molecule has 0 atom stereocenters. The van der Waals surface area contributed by atoms with Crippen molar-refractivity contribution < 1.29 is 4.79 Å². The van der Waals surface area contributed by atoms with Gasteiger partial charge in [-0.25, -0.2) is 0 Å². The van der Waals surface area contributed by atoms with Gasteiger partial charge >= 0.3 is 0 Å². The summed E-state index contributed by atoms with van der Waals surface area (Å²) in [5.41, 5.74) is 8.94. The van der Waals surface area contributed by atoms with E-state index in [2.05, 4.69) is 100 Å². The molecule has 2 heterocycles. The molecule has 3 aliphatic rings. The highest BCUT2D eigenvalue weighted by atomic mass is 16.1. The van der Waals surface area contributed by atoms with Crippen LogP contribution in [0.2, 0.25) is 0 Å². The number of para-hydroxylation sites is 2. The first-order chi connectivity index (χ1) is 13.7. The van der Waals surface area contributed by atoms with Gasteiger partial charge in [0.1, 0.15) is 0 Å². The number of hydrogen-bond donors (Lipinski definition) is 0. The minimum atomic E-state index is -0.160. The SMILES string of the molecule is CN1/C(=C2\C/C(=C3\N(C)c4ccccc4C3(C)C)C2=O)C(C)(C)c2ccccc21. The monoisotopic (exact) mass is 384 g/mol. The van der Waals surface area contributed by atoms with Crippen molar-refractivity contribution in [3.05, 3.63) is 82.2 Å². The van der Waals surface area contributed by atoms with Crippen LogP contribution in [0.15, 0.2) is 71.1 Å². The van der Waals surface area contributed by atoms with Crippen LogP contribution >= 0.6 is 0 Å². The lowest BCUT2D eigenvalue weighted by molar-refractivity contribution is -0.114. The van der Waals surface area contributed by atoms with E-state index in [0.717, 1.165) is 29.0 Å². The Morgan fingerprint density at radius 1 is 0.690 bits per heavy atom. The van der Waals surface area contributed by atoms with E-state index in [9.17, 15) is 4.79 Å². The van der Waals surface area contributed by atoms with Crippen molar-refractivity contribution in [1.82, 2.24) is 0 Å². The number of allylic oxidation sites excluding steroid dienone is 4. The molecule has 0 N–H and O–H groups in total. The maximum atomic E-state index is 13.5. The Bertz CT molecular complexity index is 1050. The zero-order valence-electron chi connectivity index (χ0n) is 18.1. The molecule has 0 amide bonds. The number of ketones is 1. The summed E-state index contributed by atoms with van der Waals surface area (Å²) in [6.07, 6.45) is 0.743. The molecule has 0 unspecified atom stereocenters. The highest BCUT2D eigenvalue weighted by Gasteiger charge is 2.48. The van der Waals surface area contributed by atoms with Crippen molar-refractivity contribution in [2.45, 2.75) is 44.9 Å². The second-order valence-corrected chi connectivity index (χ2v) is 9.56. The Kier molecular flexibility index (Phi) is 3.54. The first-order valence-corrected chi connectivity index (χ1v) is 10.4. The van der Waals surface area contributed by atoms with Crippen molar-refractivity contribution in [2.24, 2.45) is 0 Å². The van der Waals surface area contributed by atoms with E-state index in [1.54, 1.807) is 0 Å². The van der Waals surface area contributed by atoms with Crippen molar-refractivity contribution in [3.8, 4) is 0 Å². The Morgan fingerprint density at radius 2 is 1.07 bits per heavy atom. The smallest absolute Gasteiger partial charge is 0.189 e. The molecule has 29 heavy (non-hydrogen) atoms. The molecule has 2 aromatic carbocycles. The third kappa shape index (κ3) is 2.16. The van der Waals surface area contributed by atoms with Crippen LogP contribution in [0.25, 0.3) is 0 Å². The first-order valence-electron chi connectivity index (χ1n) is 10.4. The average molecular weight is 385 g/mol. The Labute approximate surface area is 173 Å². The zero-order valence-corrected chi connectivity index (χ0v) is 18.1. The summed E-state index contributed by atoms with van der Waals surface area (Å²) in [6, 6.07) is 17.0. The van der Waals surface area contributed by atoms with E-state index in [1.807, 2.05) is 0 Å². The minimum absolute atomic E-state index is 0.160. The third-order valence-corrected chi connectivity index (χ3v) is 7.21. The van der Waals surface area contributed by atoms with Gasteiger partial charge in [0.25, 0.3) is 0 Å². The highest BCUT2D eigenvalue weighted by molar-refractivity contribution is 6.18. The van der Waals surface area contributed by atoms with Gasteiger partial charge in [-0.05, 0) is 23.3 Å².